The number of hydrogen-bond acceptors (Lipinski definition) is 4. The summed E-state index contributed by atoms with van der Waals surface area (Å²) >= 11 is 1.76. The van der Waals surface area contributed by atoms with Crippen molar-refractivity contribution in [2.75, 3.05) is 11.9 Å². The van der Waals surface area contributed by atoms with Crippen LogP contribution in [0.15, 0.2) is 0 Å². The fourth-order valence-electron chi connectivity index (χ4n) is 1.82. The smallest absolute Gasteiger partial charge is 0.138 e. The highest BCUT2D eigenvalue weighted by molar-refractivity contribution is 7.18. The zero-order valence-electron chi connectivity index (χ0n) is 11.1. The minimum absolute atomic E-state index is 0.361. The van der Waals surface area contributed by atoms with Gasteiger partial charge in [0.1, 0.15) is 16.5 Å². The lowest BCUT2D eigenvalue weighted by Gasteiger charge is -2.09. The van der Waals surface area contributed by atoms with Crippen molar-refractivity contribution < 1.29 is 0 Å². The maximum absolute atomic E-state index is 4.67. The molecule has 0 unspecified atom stereocenters. The largest absolute Gasteiger partial charge is 0.370 e. The molecule has 0 aromatic carbocycles. The Hall–Kier alpha value is -1.16. The molecule has 1 N–H and O–H groups in total. The van der Waals surface area contributed by atoms with E-state index in [1.807, 2.05) is 0 Å². The van der Waals surface area contributed by atoms with Crippen LogP contribution in [-0.4, -0.2) is 16.5 Å². The zero-order chi connectivity index (χ0) is 12.6. The maximum atomic E-state index is 4.67. The number of aryl methyl sites for hydroxylation is 2. The quantitative estimate of drug-likeness (QED) is 0.897. The molecule has 0 aliphatic heterocycles. The van der Waals surface area contributed by atoms with Gasteiger partial charge in [-0.3, -0.25) is 0 Å². The molecule has 0 aliphatic rings. The molecule has 0 aliphatic carbocycles. The van der Waals surface area contributed by atoms with E-state index < -0.39 is 0 Å². The topological polar surface area (TPSA) is 37.8 Å². The van der Waals surface area contributed by atoms with Gasteiger partial charge in [-0.25, -0.2) is 9.97 Å². The van der Waals surface area contributed by atoms with Crippen LogP contribution < -0.4 is 5.32 Å². The summed E-state index contributed by atoms with van der Waals surface area (Å²) in [6.07, 6.45) is 0. The summed E-state index contributed by atoms with van der Waals surface area (Å²) in [7, 11) is 0. The lowest BCUT2D eigenvalue weighted by molar-refractivity contribution is 0.784. The van der Waals surface area contributed by atoms with Gasteiger partial charge in [-0.15, -0.1) is 11.3 Å². The minimum atomic E-state index is 0.361. The monoisotopic (exact) mass is 249 g/mol. The molecule has 2 aromatic heterocycles. The Bertz CT molecular complexity index is 543. The Kier molecular flexibility index (Phi) is 3.33. The molecule has 17 heavy (non-hydrogen) atoms. The van der Waals surface area contributed by atoms with Gasteiger partial charge in [0.15, 0.2) is 0 Å². The molecule has 3 nitrogen and oxygen atoms in total. The van der Waals surface area contributed by atoms with Crippen molar-refractivity contribution in [3.63, 3.8) is 0 Å². The Labute approximate surface area is 106 Å². The first-order valence-electron chi connectivity index (χ1n) is 6.06. The second kappa shape index (κ2) is 4.61. The number of hydrogen-bond donors (Lipinski definition) is 1. The van der Waals surface area contributed by atoms with Gasteiger partial charge in [0.2, 0.25) is 0 Å². The molecular weight excluding hydrogens is 230 g/mol. The molecule has 0 fully saturated rings. The van der Waals surface area contributed by atoms with E-state index in [0.29, 0.717) is 5.92 Å². The average molecular weight is 249 g/mol. The van der Waals surface area contributed by atoms with Crippen molar-refractivity contribution in [3.8, 4) is 0 Å². The van der Waals surface area contributed by atoms with Crippen molar-refractivity contribution in [3.05, 3.63) is 16.3 Å². The van der Waals surface area contributed by atoms with Crippen molar-refractivity contribution in [2.24, 2.45) is 0 Å². The second-order valence-corrected chi connectivity index (χ2v) is 5.78. The van der Waals surface area contributed by atoms with E-state index in [-0.39, 0.29) is 0 Å². The first-order chi connectivity index (χ1) is 8.04. The van der Waals surface area contributed by atoms with Gasteiger partial charge in [-0.2, -0.15) is 0 Å². The SMILES string of the molecule is CCNc1nc(C(C)C)nc2sc(C)c(C)c12. The number of aromatic nitrogens is 2. The third-order valence-electron chi connectivity index (χ3n) is 2.91. The summed E-state index contributed by atoms with van der Waals surface area (Å²) in [6, 6.07) is 0. The van der Waals surface area contributed by atoms with Crippen molar-refractivity contribution in [2.45, 2.75) is 40.5 Å². The highest BCUT2D eigenvalue weighted by Crippen LogP contribution is 2.34. The van der Waals surface area contributed by atoms with Gasteiger partial charge in [0.25, 0.3) is 0 Å². The molecule has 0 saturated heterocycles. The summed E-state index contributed by atoms with van der Waals surface area (Å²) in [6.45, 7) is 11.5. The van der Waals surface area contributed by atoms with E-state index >= 15 is 0 Å². The van der Waals surface area contributed by atoms with Crippen LogP contribution in [0.5, 0.6) is 0 Å². The van der Waals surface area contributed by atoms with Crippen LogP contribution in [0.1, 0.15) is 43.0 Å². The molecule has 2 aromatic rings. The first kappa shape index (κ1) is 12.3. The van der Waals surface area contributed by atoms with Gasteiger partial charge in [-0.1, -0.05) is 13.8 Å². The van der Waals surface area contributed by atoms with Crippen LogP contribution in [-0.2, 0) is 0 Å². The van der Waals surface area contributed by atoms with E-state index in [1.165, 1.54) is 15.8 Å². The van der Waals surface area contributed by atoms with E-state index in [0.717, 1.165) is 23.0 Å². The summed E-state index contributed by atoms with van der Waals surface area (Å²) in [5.41, 5.74) is 1.30. The lowest BCUT2D eigenvalue weighted by Crippen LogP contribution is -2.05. The van der Waals surface area contributed by atoms with Crippen LogP contribution in [0.2, 0.25) is 0 Å². The Balaban J connectivity index is 2.72. The van der Waals surface area contributed by atoms with Crippen molar-refractivity contribution in [1.82, 2.24) is 9.97 Å². The summed E-state index contributed by atoms with van der Waals surface area (Å²) in [5, 5.41) is 4.55. The predicted octanol–water partition coefficient (Wildman–Crippen LogP) is 3.86. The molecule has 92 valence electrons. The van der Waals surface area contributed by atoms with Gasteiger partial charge in [-0.05, 0) is 26.3 Å². The van der Waals surface area contributed by atoms with Gasteiger partial charge in [0, 0.05) is 17.3 Å². The summed E-state index contributed by atoms with van der Waals surface area (Å²) in [4.78, 5) is 11.7. The molecule has 0 saturated carbocycles. The van der Waals surface area contributed by atoms with Gasteiger partial charge >= 0.3 is 0 Å². The standard InChI is InChI=1S/C13H19N3S/c1-6-14-12-10-8(4)9(5)17-13(10)16-11(15-12)7(2)3/h7H,6H2,1-5H3,(H,14,15,16). The number of thiophene rings is 1. The molecule has 0 atom stereocenters. The molecule has 0 bridgehead atoms. The Morgan fingerprint density at radius 3 is 2.53 bits per heavy atom. The fraction of sp³-hybridized carbons (Fsp3) is 0.538. The molecular formula is C13H19N3S. The predicted molar refractivity (Wildman–Crippen MR) is 75.1 cm³/mol. The second-order valence-electron chi connectivity index (χ2n) is 4.58. The van der Waals surface area contributed by atoms with Crippen LogP contribution >= 0.6 is 11.3 Å². The minimum Gasteiger partial charge on any atom is -0.370 e. The van der Waals surface area contributed by atoms with Crippen molar-refractivity contribution >= 4 is 27.4 Å². The van der Waals surface area contributed by atoms with E-state index in [9.17, 15) is 0 Å². The summed E-state index contributed by atoms with van der Waals surface area (Å²) in [5.74, 6) is 2.28. The highest BCUT2D eigenvalue weighted by atomic mass is 32.1. The molecule has 0 spiro atoms. The molecule has 2 heterocycles. The summed E-state index contributed by atoms with van der Waals surface area (Å²) < 4.78 is 0. The van der Waals surface area contributed by atoms with Crippen LogP contribution in [0, 0.1) is 13.8 Å². The fourth-order valence-corrected chi connectivity index (χ4v) is 2.86. The molecule has 0 amide bonds. The molecule has 0 radical (unpaired) electrons. The average Bonchev–Trinajstić information content (AvgIpc) is 2.55. The third kappa shape index (κ3) is 2.14. The van der Waals surface area contributed by atoms with Gasteiger partial charge in [0.05, 0.1) is 5.39 Å². The van der Waals surface area contributed by atoms with E-state index in [1.54, 1.807) is 11.3 Å². The number of rotatable bonds is 3. The zero-order valence-corrected chi connectivity index (χ0v) is 11.9. The van der Waals surface area contributed by atoms with E-state index in [4.69, 9.17) is 0 Å². The maximum Gasteiger partial charge on any atom is 0.138 e. The van der Waals surface area contributed by atoms with Crippen LogP contribution in [0.4, 0.5) is 5.82 Å². The molecule has 2 rings (SSSR count). The van der Waals surface area contributed by atoms with Crippen LogP contribution in [0.3, 0.4) is 0 Å². The first-order valence-corrected chi connectivity index (χ1v) is 6.87. The highest BCUT2D eigenvalue weighted by Gasteiger charge is 2.15. The number of anilines is 1. The lowest BCUT2D eigenvalue weighted by atomic mass is 10.2. The Morgan fingerprint density at radius 2 is 1.94 bits per heavy atom. The number of fused-ring (bicyclic) bond motifs is 1. The molecule has 4 heteroatoms. The normalized spacial score (nSPS) is 11.4. The third-order valence-corrected chi connectivity index (χ3v) is 4.01. The number of nitrogens with zero attached hydrogens (tertiary/aromatic N) is 2. The number of nitrogens with one attached hydrogen (secondary N) is 1. The van der Waals surface area contributed by atoms with Crippen molar-refractivity contribution in [1.29, 1.82) is 0 Å². The van der Waals surface area contributed by atoms with Crippen LogP contribution in [0.25, 0.3) is 10.2 Å². The van der Waals surface area contributed by atoms with E-state index in [2.05, 4.69) is 49.9 Å². The Morgan fingerprint density at radius 1 is 1.24 bits per heavy atom. The van der Waals surface area contributed by atoms with Gasteiger partial charge < -0.3 is 5.32 Å².